The molecule has 1 aliphatic rings. The lowest BCUT2D eigenvalue weighted by Gasteiger charge is -1.94. The SMILES string of the molecule is CC1OC1Cl.O=C(C=Cc1ccccc1)c1ccccc1. The Hall–Kier alpha value is -1.90. The van der Waals surface area contributed by atoms with Crippen molar-refractivity contribution in [3.05, 3.63) is 77.9 Å². The first kappa shape index (κ1) is 15.5. The standard InChI is InChI=1S/C15H12O.C3H5ClO/c16-15(14-9-5-2-6-10-14)12-11-13-7-3-1-4-8-13;1-2-3(4)5-2/h1-12H;2-3H,1H3. The molecule has 0 aromatic heterocycles. The van der Waals surface area contributed by atoms with Crippen LogP contribution in [0.4, 0.5) is 0 Å². The molecule has 0 spiro atoms. The highest BCUT2D eigenvalue weighted by Crippen LogP contribution is 2.23. The molecular formula is C18H17ClO2. The first-order chi connectivity index (χ1) is 10.2. The van der Waals surface area contributed by atoms with E-state index in [9.17, 15) is 4.79 Å². The summed E-state index contributed by atoms with van der Waals surface area (Å²) in [5.41, 5.74) is 1.77. The van der Waals surface area contributed by atoms with Crippen LogP contribution in [0.15, 0.2) is 66.7 Å². The number of epoxide rings is 1. The minimum absolute atomic E-state index is 0.0231. The molecule has 21 heavy (non-hydrogen) atoms. The molecule has 0 saturated carbocycles. The molecule has 108 valence electrons. The first-order valence-electron chi connectivity index (χ1n) is 6.79. The average Bonchev–Trinajstić information content (AvgIpc) is 3.20. The number of carbonyl (C=O) groups is 1. The van der Waals surface area contributed by atoms with Gasteiger partial charge in [-0.3, -0.25) is 4.79 Å². The third-order valence-electron chi connectivity index (χ3n) is 2.92. The fourth-order valence-electron chi connectivity index (χ4n) is 1.59. The van der Waals surface area contributed by atoms with Gasteiger partial charge in [0.2, 0.25) is 0 Å². The molecule has 1 aliphatic heterocycles. The number of halogens is 1. The molecule has 0 N–H and O–H groups in total. The zero-order chi connectivity index (χ0) is 15.1. The van der Waals surface area contributed by atoms with Gasteiger partial charge in [-0.1, -0.05) is 78.3 Å². The number of allylic oxidation sites excluding steroid dienone is 1. The summed E-state index contributed by atoms with van der Waals surface area (Å²) in [6.07, 6.45) is 3.75. The summed E-state index contributed by atoms with van der Waals surface area (Å²) in [5.74, 6) is 0.0319. The van der Waals surface area contributed by atoms with E-state index in [1.165, 1.54) is 0 Å². The van der Waals surface area contributed by atoms with Crippen molar-refractivity contribution in [3.63, 3.8) is 0 Å². The van der Waals surface area contributed by atoms with Crippen LogP contribution in [-0.4, -0.2) is 17.5 Å². The molecule has 3 heteroatoms. The van der Waals surface area contributed by atoms with Crippen molar-refractivity contribution in [1.82, 2.24) is 0 Å². The van der Waals surface area contributed by atoms with Gasteiger partial charge in [-0.15, -0.1) is 0 Å². The molecule has 0 amide bonds. The van der Waals surface area contributed by atoms with Crippen LogP contribution in [-0.2, 0) is 4.74 Å². The first-order valence-corrected chi connectivity index (χ1v) is 7.22. The molecule has 2 aromatic carbocycles. The number of hydrogen-bond donors (Lipinski definition) is 0. The zero-order valence-corrected chi connectivity index (χ0v) is 12.5. The van der Waals surface area contributed by atoms with Crippen molar-refractivity contribution in [2.75, 3.05) is 0 Å². The second-order valence-electron chi connectivity index (χ2n) is 4.67. The van der Waals surface area contributed by atoms with Crippen LogP contribution in [0.2, 0.25) is 0 Å². The fourth-order valence-corrected chi connectivity index (χ4v) is 1.76. The van der Waals surface area contributed by atoms with Gasteiger partial charge in [-0.2, -0.15) is 0 Å². The van der Waals surface area contributed by atoms with Crippen LogP contribution in [0.5, 0.6) is 0 Å². The molecule has 2 atom stereocenters. The van der Waals surface area contributed by atoms with Crippen molar-refractivity contribution in [2.45, 2.75) is 18.6 Å². The minimum Gasteiger partial charge on any atom is -0.353 e. The third kappa shape index (κ3) is 5.54. The molecule has 1 heterocycles. The molecular weight excluding hydrogens is 284 g/mol. The van der Waals surface area contributed by atoms with Crippen LogP contribution in [0.25, 0.3) is 6.08 Å². The zero-order valence-electron chi connectivity index (χ0n) is 11.8. The summed E-state index contributed by atoms with van der Waals surface area (Å²) in [5, 5.41) is 0. The highest BCUT2D eigenvalue weighted by molar-refractivity contribution is 6.21. The molecule has 0 bridgehead atoms. The van der Waals surface area contributed by atoms with Gasteiger partial charge in [0.05, 0.1) is 6.10 Å². The highest BCUT2D eigenvalue weighted by Gasteiger charge is 2.30. The maximum absolute atomic E-state index is 11.7. The van der Waals surface area contributed by atoms with E-state index in [4.69, 9.17) is 11.6 Å². The number of carbonyl (C=O) groups excluding carboxylic acids is 1. The van der Waals surface area contributed by atoms with E-state index in [1.807, 2.05) is 73.7 Å². The molecule has 0 aliphatic carbocycles. The second-order valence-corrected chi connectivity index (χ2v) is 5.10. The van der Waals surface area contributed by atoms with Gasteiger partial charge in [0.15, 0.2) is 11.3 Å². The average molecular weight is 301 g/mol. The van der Waals surface area contributed by atoms with Gasteiger partial charge in [0.25, 0.3) is 0 Å². The van der Waals surface area contributed by atoms with Crippen molar-refractivity contribution < 1.29 is 9.53 Å². The lowest BCUT2D eigenvalue weighted by atomic mass is 10.1. The summed E-state index contributed by atoms with van der Waals surface area (Å²) < 4.78 is 4.68. The molecule has 2 nitrogen and oxygen atoms in total. The van der Waals surface area contributed by atoms with Gasteiger partial charge in [-0.05, 0) is 18.6 Å². The van der Waals surface area contributed by atoms with Crippen LogP contribution in [0.1, 0.15) is 22.8 Å². The van der Waals surface area contributed by atoms with Crippen LogP contribution < -0.4 is 0 Å². The fraction of sp³-hybridized carbons (Fsp3) is 0.167. The molecule has 0 radical (unpaired) electrons. The van der Waals surface area contributed by atoms with Crippen LogP contribution >= 0.6 is 11.6 Å². The van der Waals surface area contributed by atoms with Crippen molar-refractivity contribution in [3.8, 4) is 0 Å². The number of rotatable bonds is 3. The Kier molecular flexibility index (Phi) is 5.73. The topological polar surface area (TPSA) is 29.6 Å². The molecule has 2 aromatic rings. The Bertz CT molecular complexity index is 587. The lowest BCUT2D eigenvalue weighted by Crippen LogP contribution is -1.92. The van der Waals surface area contributed by atoms with Crippen molar-refractivity contribution in [1.29, 1.82) is 0 Å². The molecule has 1 fully saturated rings. The van der Waals surface area contributed by atoms with Gasteiger partial charge in [0.1, 0.15) is 0 Å². The van der Waals surface area contributed by atoms with Gasteiger partial charge >= 0.3 is 0 Å². The Morgan fingerprint density at radius 1 is 1.05 bits per heavy atom. The van der Waals surface area contributed by atoms with Crippen LogP contribution in [0, 0.1) is 0 Å². The Morgan fingerprint density at radius 3 is 2.00 bits per heavy atom. The lowest BCUT2D eigenvalue weighted by molar-refractivity contribution is 0.104. The Labute approximate surface area is 130 Å². The maximum atomic E-state index is 11.7. The molecule has 1 saturated heterocycles. The monoisotopic (exact) mass is 300 g/mol. The van der Waals surface area contributed by atoms with Crippen molar-refractivity contribution in [2.24, 2.45) is 0 Å². The summed E-state index contributed by atoms with van der Waals surface area (Å²) in [4.78, 5) is 11.7. The summed E-state index contributed by atoms with van der Waals surface area (Å²) in [7, 11) is 0. The van der Waals surface area contributed by atoms with E-state index in [0.29, 0.717) is 6.10 Å². The number of ketones is 1. The Balaban J connectivity index is 0.000000272. The van der Waals surface area contributed by atoms with E-state index in [1.54, 1.807) is 6.08 Å². The quantitative estimate of drug-likeness (QED) is 0.360. The smallest absolute Gasteiger partial charge is 0.185 e. The van der Waals surface area contributed by atoms with Crippen molar-refractivity contribution >= 4 is 23.5 Å². The maximum Gasteiger partial charge on any atom is 0.185 e. The van der Waals surface area contributed by atoms with Gasteiger partial charge < -0.3 is 4.74 Å². The van der Waals surface area contributed by atoms with E-state index >= 15 is 0 Å². The van der Waals surface area contributed by atoms with Gasteiger partial charge in [0, 0.05) is 5.56 Å². The Morgan fingerprint density at radius 2 is 1.52 bits per heavy atom. The second kappa shape index (κ2) is 7.77. The summed E-state index contributed by atoms with van der Waals surface area (Å²) in [6, 6.07) is 19.1. The van der Waals surface area contributed by atoms with E-state index in [0.717, 1.165) is 11.1 Å². The predicted molar refractivity (Wildman–Crippen MR) is 86.4 cm³/mol. The normalized spacial score (nSPS) is 19.7. The molecule has 3 rings (SSSR count). The van der Waals surface area contributed by atoms with Crippen LogP contribution in [0.3, 0.4) is 0 Å². The van der Waals surface area contributed by atoms with Gasteiger partial charge in [-0.25, -0.2) is 0 Å². The summed E-state index contributed by atoms with van der Waals surface area (Å²) >= 11 is 5.31. The predicted octanol–water partition coefficient (Wildman–Crippen LogP) is 4.55. The largest absolute Gasteiger partial charge is 0.353 e. The number of hydrogen-bond acceptors (Lipinski definition) is 2. The number of ether oxygens (including phenoxy) is 1. The highest BCUT2D eigenvalue weighted by atomic mass is 35.5. The van der Waals surface area contributed by atoms with E-state index < -0.39 is 0 Å². The minimum atomic E-state index is 0.0231. The number of alkyl halides is 1. The molecule has 2 unspecified atom stereocenters. The summed E-state index contributed by atoms with van der Waals surface area (Å²) in [6.45, 7) is 1.94. The third-order valence-corrected chi connectivity index (χ3v) is 3.38. The number of benzene rings is 2. The van der Waals surface area contributed by atoms with E-state index in [-0.39, 0.29) is 11.3 Å². The van der Waals surface area contributed by atoms with E-state index in [2.05, 4.69) is 4.74 Å².